The molecule has 0 radical (unpaired) electrons. The summed E-state index contributed by atoms with van der Waals surface area (Å²) in [6.45, 7) is 1.11. The van der Waals surface area contributed by atoms with Gasteiger partial charge in [-0.15, -0.1) is 0 Å². The van der Waals surface area contributed by atoms with E-state index in [1.165, 1.54) is 22.5 Å². The number of fused-ring (bicyclic) bond motifs is 2. The first-order chi connectivity index (χ1) is 14.1. The van der Waals surface area contributed by atoms with Gasteiger partial charge in [0.2, 0.25) is 10.0 Å². The summed E-state index contributed by atoms with van der Waals surface area (Å²) in [6.07, 6.45) is 3.56. The van der Waals surface area contributed by atoms with Crippen LogP contribution in [0.3, 0.4) is 0 Å². The summed E-state index contributed by atoms with van der Waals surface area (Å²) >= 11 is 0. The largest absolute Gasteiger partial charge is 0.313 e. The van der Waals surface area contributed by atoms with Crippen LogP contribution in [-0.4, -0.2) is 42.9 Å². The molecule has 7 heteroatoms. The zero-order chi connectivity index (χ0) is 20.0. The minimum Gasteiger partial charge on any atom is -0.313 e. The number of piperazine rings is 1. The molecule has 2 aromatic carbocycles. The van der Waals surface area contributed by atoms with Gasteiger partial charge >= 0.3 is 0 Å². The van der Waals surface area contributed by atoms with Crippen molar-refractivity contribution in [1.82, 2.24) is 14.6 Å². The van der Waals surface area contributed by atoms with E-state index in [0.29, 0.717) is 13.1 Å². The molecule has 5 rings (SSSR count). The van der Waals surface area contributed by atoms with Gasteiger partial charge in [0, 0.05) is 43.5 Å². The van der Waals surface area contributed by atoms with Crippen LogP contribution in [0.2, 0.25) is 0 Å². The standard InChI is InChI=1S/C22H20FN3O2S/c23-18-5-1-2-6-21(18)29(27,28)26-19-13-25-14-20(26)22(19)16-9-7-15(8-10-16)17-4-3-11-24-12-17/h1-12,19-20,22,25H,13-14H2/t19-,20+,22?. The van der Waals surface area contributed by atoms with Gasteiger partial charge in [-0.3, -0.25) is 4.98 Å². The third kappa shape index (κ3) is 2.97. The van der Waals surface area contributed by atoms with E-state index in [4.69, 9.17) is 0 Å². The van der Waals surface area contributed by atoms with Crippen molar-refractivity contribution in [2.75, 3.05) is 13.1 Å². The lowest BCUT2D eigenvalue weighted by molar-refractivity contribution is 0.0368. The summed E-state index contributed by atoms with van der Waals surface area (Å²) < 4.78 is 41.9. The van der Waals surface area contributed by atoms with Crippen molar-refractivity contribution >= 4 is 10.0 Å². The topological polar surface area (TPSA) is 62.3 Å². The van der Waals surface area contributed by atoms with Gasteiger partial charge in [0.1, 0.15) is 10.7 Å². The van der Waals surface area contributed by atoms with E-state index in [0.717, 1.165) is 16.7 Å². The number of aromatic nitrogens is 1. The molecule has 2 bridgehead atoms. The molecular formula is C22H20FN3O2S. The molecule has 0 aliphatic carbocycles. The Hall–Kier alpha value is -2.61. The highest BCUT2D eigenvalue weighted by Crippen LogP contribution is 2.46. The van der Waals surface area contributed by atoms with E-state index >= 15 is 0 Å². The molecule has 1 unspecified atom stereocenters. The third-order valence-electron chi connectivity index (χ3n) is 5.87. The molecule has 3 aromatic rings. The Balaban J connectivity index is 1.44. The minimum absolute atomic E-state index is 0.0979. The van der Waals surface area contributed by atoms with E-state index in [1.807, 2.05) is 30.5 Å². The molecule has 1 N–H and O–H groups in total. The van der Waals surface area contributed by atoms with Crippen LogP contribution in [-0.2, 0) is 10.0 Å². The van der Waals surface area contributed by atoms with E-state index in [1.54, 1.807) is 12.3 Å². The summed E-state index contributed by atoms with van der Waals surface area (Å²) in [5.41, 5.74) is 3.22. The summed E-state index contributed by atoms with van der Waals surface area (Å²) in [5.74, 6) is -0.608. The van der Waals surface area contributed by atoms with Crippen molar-refractivity contribution in [2.24, 2.45) is 0 Å². The van der Waals surface area contributed by atoms with E-state index < -0.39 is 15.8 Å². The summed E-state index contributed by atoms with van der Waals surface area (Å²) in [5, 5.41) is 3.28. The van der Waals surface area contributed by atoms with Gasteiger partial charge in [0.15, 0.2) is 0 Å². The highest BCUT2D eigenvalue weighted by molar-refractivity contribution is 7.89. The Kier molecular flexibility index (Phi) is 4.46. The SMILES string of the molecule is O=S(=O)(c1ccccc1F)N1[C@@H]2CNC[C@H]1C2c1ccc(-c2cccnc2)cc1. The fourth-order valence-electron chi connectivity index (χ4n) is 4.53. The number of hydrogen-bond donors (Lipinski definition) is 1. The first-order valence-electron chi connectivity index (χ1n) is 9.56. The number of benzene rings is 2. The molecule has 2 aliphatic heterocycles. The highest BCUT2D eigenvalue weighted by Gasteiger charge is 2.57. The van der Waals surface area contributed by atoms with E-state index in [-0.39, 0.29) is 22.9 Å². The molecule has 29 heavy (non-hydrogen) atoms. The van der Waals surface area contributed by atoms with Crippen molar-refractivity contribution in [3.63, 3.8) is 0 Å². The van der Waals surface area contributed by atoms with E-state index in [2.05, 4.69) is 22.4 Å². The number of nitrogens with zero attached hydrogens (tertiary/aromatic N) is 2. The molecule has 1 aromatic heterocycles. The number of halogens is 1. The predicted octanol–water partition coefficient (Wildman–Crippen LogP) is 3.02. The lowest BCUT2D eigenvalue weighted by Crippen LogP contribution is -2.73. The van der Waals surface area contributed by atoms with Crippen LogP contribution >= 0.6 is 0 Å². The van der Waals surface area contributed by atoms with Crippen LogP contribution in [0.1, 0.15) is 11.5 Å². The van der Waals surface area contributed by atoms with Crippen LogP contribution in [0.4, 0.5) is 4.39 Å². The van der Waals surface area contributed by atoms with Crippen molar-refractivity contribution < 1.29 is 12.8 Å². The van der Waals surface area contributed by atoms with Crippen LogP contribution in [0.15, 0.2) is 78.0 Å². The molecule has 2 fully saturated rings. The van der Waals surface area contributed by atoms with Crippen LogP contribution in [0, 0.1) is 5.82 Å². The zero-order valence-electron chi connectivity index (χ0n) is 15.6. The second kappa shape index (κ2) is 7.02. The number of pyridine rings is 1. The lowest BCUT2D eigenvalue weighted by Gasteiger charge is -2.57. The number of nitrogens with one attached hydrogen (secondary N) is 1. The first-order valence-corrected chi connectivity index (χ1v) is 11.0. The number of sulfonamides is 1. The molecule has 5 nitrogen and oxygen atoms in total. The van der Waals surface area contributed by atoms with Crippen molar-refractivity contribution in [3.8, 4) is 11.1 Å². The zero-order valence-corrected chi connectivity index (χ0v) is 16.4. The van der Waals surface area contributed by atoms with Gasteiger partial charge in [-0.05, 0) is 34.9 Å². The average Bonchev–Trinajstić information content (AvgIpc) is 2.75. The molecule has 148 valence electrons. The molecule has 2 aliphatic rings. The fraction of sp³-hybridized carbons (Fsp3) is 0.227. The van der Waals surface area contributed by atoms with E-state index in [9.17, 15) is 12.8 Å². The Bertz CT molecular complexity index is 1120. The van der Waals surface area contributed by atoms with Gasteiger partial charge in [0.05, 0.1) is 0 Å². The van der Waals surface area contributed by atoms with Crippen molar-refractivity contribution in [3.05, 3.63) is 84.4 Å². The number of rotatable bonds is 4. The van der Waals surface area contributed by atoms with Crippen LogP contribution in [0.5, 0.6) is 0 Å². The minimum atomic E-state index is -3.87. The lowest BCUT2D eigenvalue weighted by atomic mass is 9.74. The monoisotopic (exact) mass is 409 g/mol. The van der Waals surface area contributed by atoms with Gasteiger partial charge in [-0.25, -0.2) is 12.8 Å². The number of hydrogen-bond acceptors (Lipinski definition) is 4. The van der Waals surface area contributed by atoms with Crippen molar-refractivity contribution in [1.29, 1.82) is 0 Å². The number of piperidine rings is 1. The summed E-state index contributed by atoms with van der Waals surface area (Å²) in [6, 6.07) is 17.3. The molecule has 0 saturated carbocycles. The third-order valence-corrected chi connectivity index (χ3v) is 7.86. The van der Waals surface area contributed by atoms with Gasteiger partial charge in [-0.2, -0.15) is 4.31 Å². The van der Waals surface area contributed by atoms with Crippen molar-refractivity contribution in [2.45, 2.75) is 22.9 Å². The van der Waals surface area contributed by atoms with Crippen LogP contribution in [0.25, 0.3) is 11.1 Å². The Morgan fingerprint density at radius 1 is 0.931 bits per heavy atom. The Labute approximate surface area is 169 Å². The first kappa shape index (κ1) is 18.4. The normalized spacial score (nSPS) is 24.1. The second-order valence-corrected chi connectivity index (χ2v) is 9.26. The maximum Gasteiger partial charge on any atom is 0.246 e. The van der Waals surface area contributed by atoms with Gasteiger partial charge in [0.25, 0.3) is 0 Å². The van der Waals surface area contributed by atoms with Crippen LogP contribution < -0.4 is 5.32 Å². The second-order valence-electron chi connectivity index (χ2n) is 7.45. The maximum atomic E-state index is 14.2. The Morgan fingerprint density at radius 3 is 2.31 bits per heavy atom. The average molecular weight is 409 g/mol. The quantitative estimate of drug-likeness (QED) is 0.720. The highest BCUT2D eigenvalue weighted by atomic mass is 32.2. The molecule has 3 heterocycles. The molecule has 0 spiro atoms. The molecule has 2 saturated heterocycles. The Morgan fingerprint density at radius 2 is 1.66 bits per heavy atom. The molecule has 3 atom stereocenters. The maximum absolute atomic E-state index is 14.2. The molecule has 0 amide bonds. The fourth-order valence-corrected chi connectivity index (χ4v) is 6.45. The summed E-state index contributed by atoms with van der Waals surface area (Å²) in [7, 11) is -3.87. The van der Waals surface area contributed by atoms with Gasteiger partial charge < -0.3 is 5.32 Å². The smallest absolute Gasteiger partial charge is 0.246 e. The molecular weight excluding hydrogens is 389 g/mol. The predicted molar refractivity (Wildman–Crippen MR) is 108 cm³/mol. The van der Waals surface area contributed by atoms with Gasteiger partial charge in [-0.1, -0.05) is 42.5 Å². The summed E-state index contributed by atoms with van der Waals surface area (Å²) in [4.78, 5) is 3.91.